The van der Waals surface area contributed by atoms with E-state index in [1.54, 1.807) is 13.8 Å². The highest BCUT2D eigenvalue weighted by atomic mass is 35.5. The van der Waals surface area contributed by atoms with Crippen LogP contribution in [0, 0.1) is 11.7 Å². The summed E-state index contributed by atoms with van der Waals surface area (Å²) < 4.78 is 19.4. The molecule has 1 aliphatic heterocycles. The maximum absolute atomic E-state index is 14.2. The lowest BCUT2D eigenvalue weighted by Crippen LogP contribution is -2.42. The normalized spacial score (nSPS) is 21.7. The zero-order chi connectivity index (χ0) is 16.4. The van der Waals surface area contributed by atoms with E-state index in [0.717, 1.165) is 0 Å². The van der Waals surface area contributed by atoms with Crippen molar-refractivity contribution in [3.05, 3.63) is 46.9 Å². The number of esters is 1. The van der Waals surface area contributed by atoms with Crippen LogP contribution in [0.1, 0.15) is 31.7 Å². The van der Waals surface area contributed by atoms with Crippen LogP contribution in [0.15, 0.2) is 30.5 Å². The van der Waals surface area contributed by atoms with Crippen molar-refractivity contribution in [2.24, 2.45) is 5.92 Å². The minimum atomic E-state index is -0.866. The molecule has 0 radical (unpaired) electrons. The standard InChI is InChI=1S/C16H17ClFNO3/c1-8(2)22-16(21)14-9(3)19-13(20)7-10(14)15-11(17)5-4-6-12(15)18/h4-6,8,10,14H,3,7H2,1-2H3,(H,19,20). The molecule has 0 spiro atoms. The van der Waals surface area contributed by atoms with Gasteiger partial charge in [-0.05, 0) is 26.0 Å². The highest BCUT2D eigenvalue weighted by Crippen LogP contribution is 2.40. The predicted molar refractivity (Wildman–Crippen MR) is 80.8 cm³/mol. The maximum Gasteiger partial charge on any atom is 0.315 e. The summed E-state index contributed by atoms with van der Waals surface area (Å²) in [6.45, 7) is 7.14. The Bertz CT molecular complexity index is 610. The van der Waals surface area contributed by atoms with Crippen molar-refractivity contribution in [1.82, 2.24) is 5.32 Å². The molecule has 1 aromatic rings. The van der Waals surface area contributed by atoms with Crippen molar-refractivity contribution in [3.63, 3.8) is 0 Å². The summed E-state index contributed by atoms with van der Waals surface area (Å²) in [6, 6.07) is 4.25. The third-order valence-electron chi connectivity index (χ3n) is 3.46. The quantitative estimate of drug-likeness (QED) is 0.868. The van der Waals surface area contributed by atoms with Gasteiger partial charge < -0.3 is 10.1 Å². The van der Waals surface area contributed by atoms with Gasteiger partial charge in [0.2, 0.25) is 5.91 Å². The lowest BCUT2D eigenvalue weighted by molar-refractivity contribution is -0.152. The summed E-state index contributed by atoms with van der Waals surface area (Å²) in [5, 5.41) is 2.70. The summed E-state index contributed by atoms with van der Waals surface area (Å²) in [5.74, 6) is -3.04. The van der Waals surface area contributed by atoms with E-state index in [4.69, 9.17) is 16.3 Å². The van der Waals surface area contributed by atoms with E-state index in [0.29, 0.717) is 0 Å². The Hall–Kier alpha value is -1.88. The van der Waals surface area contributed by atoms with E-state index in [1.165, 1.54) is 18.2 Å². The second-order valence-corrected chi connectivity index (χ2v) is 5.89. The third-order valence-corrected chi connectivity index (χ3v) is 3.79. The molecular weight excluding hydrogens is 309 g/mol. The number of hydrogen-bond acceptors (Lipinski definition) is 3. The van der Waals surface area contributed by atoms with Crippen molar-refractivity contribution < 1.29 is 18.7 Å². The fraction of sp³-hybridized carbons (Fsp3) is 0.375. The van der Waals surface area contributed by atoms with Crippen LogP contribution in [0.2, 0.25) is 5.02 Å². The van der Waals surface area contributed by atoms with E-state index in [9.17, 15) is 14.0 Å². The number of rotatable bonds is 3. The summed E-state index contributed by atoms with van der Waals surface area (Å²) in [5.41, 5.74) is 0.345. The molecule has 1 heterocycles. The number of nitrogens with one attached hydrogen (secondary N) is 1. The number of piperidine rings is 1. The number of halogens is 2. The number of amides is 1. The second kappa shape index (κ2) is 6.48. The molecule has 1 saturated heterocycles. The SMILES string of the molecule is C=C1NC(=O)CC(c2c(F)cccc2Cl)C1C(=O)OC(C)C. The second-order valence-electron chi connectivity index (χ2n) is 5.48. The molecule has 118 valence electrons. The van der Waals surface area contributed by atoms with Crippen LogP contribution in [0.25, 0.3) is 0 Å². The van der Waals surface area contributed by atoms with Gasteiger partial charge in [0.05, 0.1) is 6.10 Å². The first kappa shape index (κ1) is 16.5. The molecule has 1 aliphatic rings. The van der Waals surface area contributed by atoms with Gasteiger partial charge in [0.1, 0.15) is 11.7 Å². The summed E-state index contributed by atoms with van der Waals surface area (Å²) in [6.07, 6.45) is -0.382. The molecule has 0 aromatic heterocycles. The van der Waals surface area contributed by atoms with E-state index in [1.807, 2.05) is 0 Å². The minimum absolute atomic E-state index is 0.0580. The first-order valence-corrected chi connectivity index (χ1v) is 7.32. The number of carbonyl (C=O) groups is 2. The average Bonchev–Trinajstić information content (AvgIpc) is 2.36. The molecule has 2 rings (SSSR count). The molecule has 0 aliphatic carbocycles. The smallest absolute Gasteiger partial charge is 0.315 e. The van der Waals surface area contributed by atoms with Gasteiger partial charge in [0, 0.05) is 28.6 Å². The van der Waals surface area contributed by atoms with Crippen LogP contribution < -0.4 is 5.32 Å². The lowest BCUT2D eigenvalue weighted by atomic mass is 9.79. The molecule has 2 atom stereocenters. The molecule has 4 nitrogen and oxygen atoms in total. The molecule has 22 heavy (non-hydrogen) atoms. The van der Waals surface area contributed by atoms with Crippen LogP contribution >= 0.6 is 11.6 Å². The highest BCUT2D eigenvalue weighted by molar-refractivity contribution is 6.31. The topological polar surface area (TPSA) is 55.4 Å². The van der Waals surface area contributed by atoms with E-state index in [2.05, 4.69) is 11.9 Å². The number of carbonyl (C=O) groups excluding carboxylic acids is 2. The van der Waals surface area contributed by atoms with Crippen molar-refractivity contribution in [3.8, 4) is 0 Å². The van der Waals surface area contributed by atoms with Gasteiger partial charge in [-0.3, -0.25) is 9.59 Å². The van der Waals surface area contributed by atoms with Gasteiger partial charge >= 0.3 is 5.97 Å². The average molecular weight is 326 g/mol. The summed E-state index contributed by atoms with van der Waals surface area (Å²) in [7, 11) is 0. The molecule has 6 heteroatoms. The largest absolute Gasteiger partial charge is 0.462 e. The lowest BCUT2D eigenvalue weighted by Gasteiger charge is -2.33. The number of hydrogen-bond donors (Lipinski definition) is 1. The third kappa shape index (κ3) is 3.30. The molecule has 2 unspecified atom stereocenters. The van der Waals surface area contributed by atoms with E-state index < -0.39 is 23.6 Å². The Morgan fingerprint density at radius 1 is 1.50 bits per heavy atom. The first-order valence-electron chi connectivity index (χ1n) is 6.94. The molecule has 0 saturated carbocycles. The minimum Gasteiger partial charge on any atom is -0.462 e. The Balaban J connectivity index is 2.45. The zero-order valence-corrected chi connectivity index (χ0v) is 13.1. The molecular formula is C16H17ClFNO3. The van der Waals surface area contributed by atoms with E-state index >= 15 is 0 Å². The van der Waals surface area contributed by atoms with Crippen LogP contribution in [0.4, 0.5) is 4.39 Å². The number of ether oxygens (including phenoxy) is 1. The van der Waals surface area contributed by atoms with Crippen molar-refractivity contribution in [2.75, 3.05) is 0 Å². The van der Waals surface area contributed by atoms with Crippen LogP contribution in [0.3, 0.4) is 0 Å². The summed E-state index contributed by atoms with van der Waals surface area (Å²) >= 11 is 6.08. The molecule has 1 amide bonds. The Morgan fingerprint density at radius 2 is 2.18 bits per heavy atom. The van der Waals surface area contributed by atoms with Gasteiger partial charge in [0.25, 0.3) is 0 Å². The molecule has 1 N–H and O–H groups in total. The van der Waals surface area contributed by atoms with Crippen LogP contribution in [-0.2, 0) is 14.3 Å². The van der Waals surface area contributed by atoms with Crippen LogP contribution in [-0.4, -0.2) is 18.0 Å². The maximum atomic E-state index is 14.2. The number of benzene rings is 1. The molecule has 1 fully saturated rings. The predicted octanol–water partition coefficient (Wildman–Crippen LogP) is 3.16. The molecule has 0 bridgehead atoms. The van der Waals surface area contributed by atoms with Gasteiger partial charge in [-0.2, -0.15) is 0 Å². The Morgan fingerprint density at radius 3 is 2.77 bits per heavy atom. The fourth-order valence-electron chi connectivity index (χ4n) is 2.61. The zero-order valence-electron chi connectivity index (χ0n) is 12.4. The van der Waals surface area contributed by atoms with Crippen molar-refractivity contribution in [1.29, 1.82) is 0 Å². The van der Waals surface area contributed by atoms with Gasteiger partial charge in [0.15, 0.2) is 0 Å². The van der Waals surface area contributed by atoms with Crippen molar-refractivity contribution in [2.45, 2.75) is 32.3 Å². The Labute approximate surface area is 133 Å². The summed E-state index contributed by atoms with van der Waals surface area (Å²) in [4.78, 5) is 24.1. The Kier molecular flexibility index (Phi) is 4.86. The van der Waals surface area contributed by atoms with E-state index in [-0.39, 0.29) is 34.7 Å². The monoisotopic (exact) mass is 325 g/mol. The highest BCUT2D eigenvalue weighted by Gasteiger charge is 2.41. The van der Waals surface area contributed by atoms with Crippen molar-refractivity contribution >= 4 is 23.5 Å². The molecule has 1 aromatic carbocycles. The van der Waals surface area contributed by atoms with Crippen LogP contribution in [0.5, 0.6) is 0 Å². The van der Waals surface area contributed by atoms with Gasteiger partial charge in [-0.15, -0.1) is 0 Å². The van der Waals surface area contributed by atoms with Gasteiger partial charge in [-0.1, -0.05) is 24.2 Å². The first-order chi connectivity index (χ1) is 10.3. The van der Waals surface area contributed by atoms with Gasteiger partial charge in [-0.25, -0.2) is 4.39 Å². The fourth-order valence-corrected chi connectivity index (χ4v) is 2.92.